The Balaban J connectivity index is 3.14. The van der Waals surface area contributed by atoms with Crippen molar-refractivity contribution in [2.75, 3.05) is 5.73 Å². The van der Waals surface area contributed by atoms with Gasteiger partial charge >= 0.3 is 0 Å². The minimum Gasteiger partial charge on any atom is -0.399 e. The first-order valence-electron chi connectivity index (χ1n) is 4.45. The molecular weight excluding hydrogens is 160 g/mol. The van der Waals surface area contributed by atoms with Gasteiger partial charge in [0.1, 0.15) is 0 Å². The standard InChI is InChI=1S/C11H16N2/c1-3-8-5-6-9(12)7-10(8)11(13)4-2/h4-7,11H,2-3,12-13H2,1H3/t11-/m0/s1. The molecule has 1 aromatic carbocycles. The molecule has 2 heteroatoms. The van der Waals surface area contributed by atoms with Gasteiger partial charge in [0.2, 0.25) is 0 Å². The average Bonchev–Trinajstić information content (AvgIpc) is 2.16. The van der Waals surface area contributed by atoms with Crippen LogP contribution < -0.4 is 11.5 Å². The van der Waals surface area contributed by atoms with Crippen molar-refractivity contribution in [1.82, 2.24) is 0 Å². The first-order chi connectivity index (χ1) is 6.19. The summed E-state index contributed by atoms with van der Waals surface area (Å²) in [5.41, 5.74) is 14.6. The van der Waals surface area contributed by atoms with Crippen LogP contribution in [0.1, 0.15) is 24.1 Å². The van der Waals surface area contributed by atoms with E-state index in [1.807, 2.05) is 18.2 Å². The maximum atomic E-state index is 5.87. The van der Waals surface area contributed by atoms with Gasteiger partial charge in [0, 0.05) is 11.7 Å². The Kier molecular flexibility index (Phi) is 3.09. The summed E-state index contributed by atoms with van der Waals surface area (Å²) >= 11 is 0. The fourth-order valence-corrected chi connectivity index (χ4v) is 1.37. The first kappa shape index (κ1) is 9.81. The summed E-state index contributed by atoms with van der Waals surface area (Å²) in [4.78, 5) is 0. The molecule has 70 valence electrons. The van der Waals surface area contributed by atoms with Crippen LogP contribution in [-0.2, 0) is 6.42 Å². The lowest BCUT2D eigenvalue weighted by atomic mass is 9.98. The number of hydrogen-bond donors (Lipinski definition) is 2. The molecule has 1 atom stereocenters. The van der Waals surface area contributed by atoms with Crippen molar-refractivity contribution in [2.45, 2.75) is 19.4 Å². The van der Waals surface area contributed by atoms with Crippen LogP contribution in [0.4, 0.5) is 5.69 Å². The maximum Gasteiger partial charge on any atom is 0.0482 e. The molecule has 0 aliphatic carbocycles. The smallest absolute Gasteiger partial charge is 0.0482 e. The van der Waals surface area contributed by atoms with Gasteiger partial charge in [0.05, 0.1) is 0 Å². The molecule has 0 fully saturated rings. The molecule has 1 aromatic rings. The predicted octanol–water partition coefficient (Wildman–Crippen LogP) is 2.02. The molecule has 0 aromatic heterocycles. The van der Waals surface area contributed by atoms with Gasteiger partial charge in [-0.25, -0.2) is 0 Å². The number of benzene rings is 1. The van der Waals surface area contributed by atoms with Crippen molar-refractivity contribution in [3.63, 3.8) is 0 Å². The summed E-state index contributed by atoms with van der Waals surface area (Å²) in [6, 6.07) is 5.73. The van der Waals surface area contributed by atoms with Crippen LogP contribution in [0.25, 0.3) is 0 Å². The van der Waals surface area contributed by atoms with Gasteiger partial charge in [-0.3, -0.25) is 0 Å². The summed E-state index contributed by atoms with van der Waals surface area (Å²) in [6.45, 7) is 5.78. The minimum absolute atomic E-state index is 0.113. The van der Waals surface area contributed by atoms with Crippen LogP contribution in [0.3, 0.4) is 0 Å². The van der Waals surface area contributed by atoms with E-state index in [-0.39, 0.29) is 6.04 Å². The number of anilines is 1. The zero-order chi connectivity index (χ0) is 9.84. The molecule has 4 N–H and O–H groups in total. The third kappa shape index (κ3) is 2.10. The van der Waals surface area contributed by atoms with Crippen molar-refractivity contribution < 1.29 is 0 Å². The SMILES string of the molecule is C=C[C@H](N)c1cc(N)ccc1CC. The molecule has 0 saturated carbocycles. The molecule has 13 heavy (non-hydrogen) atoms. The zero-order valence-corrected chi connectivity index (χ0v) is 7.96. The van der Waals surface area contributed by atoms with Gasteiger partial charge in [0.15, 0.2) is 0 Å². The molecule has 0 amide bonds. The fraction of sp³-hybridized carbons (Fsp3) is 0.273. The van der Waals surface area contributed by atoms with Gasteiger partial charge in [-0.2, -0.15) is 0 Å². The Morgan fingerprint density at radius 3 is 2.77 bits per heavy atom. The van der Waals surface area contributed by atoms with E-state index in [1.54, 1.807) is 6.08 Å². The van der Waals surface area contributed by atoms with E-state index in [1.165, 1.54) is 5.56 Å². The highest BCUT2D eigenvalue weighted by Gasteiger charge is 2.06. The molecule has 0 aliphatic heterocycles. The summed E-state index contributed by atoms with van der Waals surface area (Å²) in [7, 11) is 0. The Bertz CT molecular complexity index is 305. The highest BCUT2D eigenvalue weighted by molar-refractivity contribution is 5.46. The number of rotatable bonds is 3. The normalized spacial score (nSPS) is 12.5. The van der Waals surface area contributed by atoms with Gasteiger partial charge in [-0.1, -0.05) is 19.1 Å². The zero-order valence-electron chi connectivity index (χ0n) is 7.96. The van der Waals surface area contributed by atoms with Crippen LogP contribution in [0.2, 0.25) is 0 Å². The molecule has 0 aliphatic rings. The first-order valence-corrected chi connectivity index (χ1v) is 4.45. The molecule has 0 heterocycles. The second kappa shape index (κ2) is 4.10. The largest absolute Gasteiger partial charge is 0.399 e. The number of nitrogen functional groups attached to an aromatic ring is 1. The molecule has 0 bridgehead atoms. The lowest BCUT2D eigenvalue weighted by Gasteiger charge is -2.12. The lowest BCUT2D eigenvalue weighted by molar-refractivity contribution is 0.887. The van der Waals surface area contributed by atoms with Crippen molar-refractivity contribution in [3.8, 4) is 0 Å². The second-order valence-electron chi connectivity index (χ2n) is 3.07. The minimum atomic E-state index is -0.113. The van der Waals surface area contributed by atoms with E-state index < -0.39 is 0 Å². The Hall–Kier alpha value is -1.28. The predicted molar refractivity (Wildman–Crippen MR) is 57.4 cm³/mol. The van der Waals surface area contributed by atoms with Crippen LogP contribution >= 0.6 is 0 Å². The third-order valence-electron chi connectivity index (χ3n) is 2.16. The van der Waals surface area contributed by atoms with Crippen molar-refractivity contribution in [2.24, 2.45) is 5.73 Å². The number of aryl methyl sites for hydroxylation is 1. The maximum absolute atomic E-state index is 5.87. The van der Waals surface area contributed by atoms with E-state index in [0.717, 1.165) is 17.7 Å². The van der Waals surface area contributed by atoms with E-state index in [9.17, 15) is 0 Å². The third-order valence-corrected chi connectivity index (χ3v) is 2.16. The molecule has 2 nitrogen and oxygen atoms in total. The van der Waals surface area contributed by atoms with E-state index in [4.69, 9.17) is 11.5 Å². The van der Waals surface area contributed by atoms with Gasteiger partial charge < -0.3 is 11.5 Å². The van der Waals surface area contributed by atoms with Crippen molar-refractivity contribution in [1.29, 1.82) is 0 Å². The molecule has 1 rings (SSSR count). The topological polar surface area (TPSA) is 52.0 Å². The summed E-state index contributed by atoms with van der Waals surface area (Å²) in [6.07, 6.45) is 2.70. The Labute approximate surface area is 79.2 Å². The van der Waals surface area contributed by atoms with Crippen LogP contribution in [0, 0.1) is 0 Å². The number of hydrogen-bond acceptors (Lipinski definition) is 2. The van der Waals surface area contributed by atoms with Crippen LogP contribution in [-0.4, -0.2) is 0 Å². The van der Waals surface area contributed by atoms with Crippen LogP contribution in [0.15, 0.2) is 30.9 Å². The van der Waals surface area contributed by atoms with Crippen LogP contribution in [0.5, 0.6) is 0 Å². The quantitative estimate of drug-likeness (QED) is 0.547. The van der Waals surface area contributed by atoms with E-state index >= 15 is 0 Å². The Morgan fingerprint density at radius 2 is 2.23 bits per heavy atom. The van der Waals surface area contributed by atoms with Gasteiger partial charge in [-0.15, -0.1) is 6.58 Å². The highest BCUT2D eigenvalue weighted by atomic mass is 14.6. The molecule has 0 saturated heterocycles. The van der Waals surface area contributed by atoms with Crippen molar-refractivity contribution >= 4 is 5.69 Å². The lowest BCUT2D eigenvalue weighted by Crippen LogP contribution is -2.09. The van der Waals surface area contributed by atoms with E-state index in [2.05, 4.69) is 13.5 Å². The highest BCUT2D eigenvalue weighted by Crippen LogP contribution is 2.20. The molecule has 0 radical (unpaired) electrons. The van der Waals surface area contributed by atoms with Crippen molar-refractivity contribution in [3.05, 3.63) is 42.0 Å². The molecule has 0 unspecified atom stereocenters. The summed E-state index contributed by atoms with van der Waals surface area (Å²) in [5, 5.41) is 0. The number of nitrogens with two attached hydrogens (primary N) is 2. The summed E-state index contributed by atoms with van der Waals surface area (Å²) in [5.74, 6) is 0. The summed E-state index contributed by atoms with van der Waals surface area (Å²) < 4.78 is 0. The molecule has 0 spiro atoms. The molecular formula is C11H16N2. The average molecular weight is 176 g/mol. The Morgan fingerprint density at radius 1 is 1.54 bits per heavy atom. The van der Waals surface area contributed by atoms with Gasteiger partial charge in [-0.05, 0) is 29.7 Å². The fourth-order valence-electron chi connectivity index (χ4n) is 1.37. The monoisotopic (exact) mass is 176 g/mol. The van der Waals surface area contributed by atoms with Gasteiger partial charge in [0.25, 0.3) is 0 Å². The second-order valence-corrected chi connectivity index (χ2v) is 3.07. The van der Waals surface area contributed by atoms with E-state index in [0.29, 0.717) is 0 Å².